The number of carbonyl (C=O) groups excluding carboxylic acids is 1. The van der Waals surface area contributed by atoms with E-state index in [1.165, 1.54) is 6.07 Å². The Kier molecular flexibility index (Phi) is 6.05. The van der Waals surface area contributed by atoms with Gasteiger partial charge < -0.3 is 19.8 Å². The number of methoxy groups -OCH3 is 1. The molecule has 0 fully saturated rings. The van der Waals surface area contributed by atoms with Crippen LogP contribution in [-0.2, 0) is 9.53 Å². The summed E-state index contributed by atoms with van der Waals surface area (Å²) in [4.78, 5) is 23.4. The lowest BCUT2D eigenvalue weighted by Gasteiger charge is -2.34. The van der Waals surface area contributed by atoms with Gasteiger partial charge in [0.15, 0.2) is 0 Å². The summed E-state index contributed by atoms with van der Waals surface area (Å²) in [6, 6.07) is 8.62. The van der Waals surface area contributed by atoms with Gasteiger partial charge in [-0.1, -0.05) is 0 Å². The summed E-state index contributed by atoms with van der Waals surface area (Å²) in [6.45, 7) is 4.92. The van der Waals surface area contributed by atoms with E-state index >= 15 is 0 Å². The molecule has 0 spiro atoms. The predicted octanol–water partition coefficient (Wildman–Crippen LogP) is 2.91. The average molecular weight is 446 g/mol. The number of carbonyl (C=O) groups is 1. The van der Waals surface area contributed by atoms with Gasteiger partial charge in [-0.25, -0.2) is 4.79 Å². The number of hydrogen-bond acceptors (Lipinski definition) is 10. The quantitative estimate of drug-likeness (QED) is 0.397. The van der Waals surface area contributed by atoms with Crippen LogP contribution in [0.25, 0.3) is 0 Å². The molecular weight excluding hydrogens is 428 g/mol. The molecule has 1 aromatic rings. The minimum absolute atomic E-state index is 0.0237. The Morgan fingerprint density at radius 3 is 1.97 bits per heavy atom. The van der Waals surface area contributed by atoms with Gasteiger partial charge in [-0.3, -0.25) is 10.1 Å². The maximum atomic E-state index is 13.0. The molecule has 0 radical (unpaired) electrons. The third kappa shape index (κ3) is 3.71. The van der Waals surface area contributed by atoms with Crippen LogP contribution >= 0.6 is 0 Å². The third-order valence-electron chi connectivity index (χ3n) is 5.49. The maximum absolute atomic E-state index is 13.0. The fourth-order valence-corrected chi connectivity index (χ4v) is 4.03. The number of nitrogens with one attached hydrogen (secondary N) is 2. The van der Waals surface area contributed by atoms with E-state index in [9.17, 15) is 30.7 Å². The first kappa shape index (κ1) is 22.9. The Labute approximate surface area is 188 Å². The van der Waals surface area contributed by atoms with Crippen molar-refractivity contribution in [2.45, 2.75) is 26.7 Å². The number of nitro groups is 1. The second-order valence-corrected chi connectivity index (χ2v) is 7.32. The molecule has 166 valence electrons. The molecule has 1 aromatic heterocycles. The smallest absolute Gasteiger partial charge is 0.433 e. The lowest BCUT2D eigenvalue weighted by molar-refractivity contribution is -0.402. The zero-order chi connectivity index (χ0) is 24.4. The summed E-state index contributed by atoms with van der Waals surface area (Å²) >= 11 is 0. The summed E-state index contributed by atoms with van der Waals surface area (Å²) in [5.41, 5.74) is 1.87. The Morgan fingerprint density at radius 2 is 1.52 bits per heavy atom. The van der Waals surface area contributed by atoms with Crippen LogP contribution in [-0.4, -0.2) is 18.0 Å². The summed E-state index contributed by atoms with van der Waals surface area (Å²) in [7, 11) is 1.15. The van der Waals surface area contributed by atoms with Crippen molar-refractivity contribution in [2.24, 2.45) is 5.92 Å². The second-order valence-electron chi connectivity index (χ2n) is 7.32. The largest absolute Gasteiger partial charge is 0.466 e. The lowest BCUT2D eigenvalue weighted by atomic mass is 9.76. The minimum Gasteiger partial charge on any atom is -0.466 e. The van der Waals surface area contributed by atoms with Gasteiger partial charge in [0.2, 0.25) is 0 Å². The van der Waals surface area contributed by atoms with Crippen LogP contribution in [0.15, 0.2) is 61.6 Å². The van der Waals surface area contributed by atoms with E-state index in [2.05, 4.69) is 22.8 Å². The summed E-state index contributed by atoms with van der Waals surface area (Å²) < 4.78 is 10.3. The van der Waals surface area contributed by atoms with Crippen molar-refractivity contribution in [1.82, 2.24) is 10.6 Å². The fraction of sp³-hybridized carbons (Fsp3) is 0.273. The molecule has 0 aromatic carbocycles. The topological polar surface area (TPSA) is 178 Å². The van der Waals surface area contributed by atoms with Crippen molar-refractivity contribution >= 4 is 11.9 Å². The van der Waals surface area contributed by atoms with Gasteiger partial charge >= 0.3 is 11.9 Å². The lowest BCUT2D eigenvalue weighted by Crippen LogP contribution is -2.36. The number of nitriles is 3. The Hall–Kier alpha value is -4.82. The average Bonchev–Trinajstić information content (AvgIpc) is 3.27. The molecule has 11 nitrogen and oxygen atoms in total. The fourth-order valence-electron chi connectivity index (χ4n) is 4.03. The summed E-state index contributed by atoms with van der Waals surface area (Å²) in [5, 5.41) is 46.7. The van der Waals surface area contributed by atoms with Gasteiger partial charge in [-0.2, -0.15) is 15.8 Å². The molecule has 2 aliphatic heterocycles. The van der Waals surface area contributed by atoms with Crippen LogP contribution in [0.5, 0.6) is 0 Å². The third-order valence-corrected chi connectivity index (χ3v) is 5.49. The van der Waals surface area contributed by atoms with E-state index < -0.39 is 28.6 Å². The SMILES string of the molecule is COC(=O)C1=C(C2C(C#N)=C(C)NC(C)=C2C#N)NC(C)=C(C#N)C1c1ccc([N+](=O)[O-])o1. The molecule has 0 bridgehead atoms. The first-order chi connectivity index (χ1) is 15.7. The van der Waals surface area contributed by atoms with Gasteiger partial charge in [0, 0.05) is 22.8 Å². The highest BCUT2D eigenvalue weighted by molar-refractivity contribution is 5.93. The van der Waals surface area contributed by atoms with E-state index in [0.717, 1.165) is 13.2 Å². The van der Waals surface area contributed by atoms with Crippen LogP contribution < -0.4 is 10.6 Å². The van der Waals surface area contributed by atoms with E-state index in [0.29, 0.717) is 17.1 Å². The maximum Gasteiger partial charge on any atom is 0.433 e. The number of dihydropyridines is 2. The van der Waals surface area contributed by atoms with Crippen LogP contribution in [0.1, 0.15) is 32.4 Å². The zero-order valence-electron chi connectivity index (χ0n) is 18.1. The standard InChI is InChI=1S/C22H18N6O5/c1-10-13(7-23)18(14(8-24)11(2)26-10)21-20(22(29)32-4)19(15(9-25)12(3)27-21)16-5-6-17(33-16)28(30)31/h5-6,18-19,26-27H,1-4H3. The molecule has 1 atom stereocenters. The molecule has 3 rings (SSSR count). The van der Waals surface area contributed by atoms with Crippen LogP contribution in [0.3, 0.4) is 0 Å². The molecule has 3 heterocycles. The van der Waals surface area contributed by atoms with Crippen molar-refractivity contribution in [2.75, 3.05) is 7.11 Å². The van der Waals surface area contributed by atoms with Crippen LogP contribution in [0.2, 0.25) is 0 Å². The number of nitrogens with zero attached hydrogens (tertiary/aromatic N) is 4. The van der Waals surface area contributed by atoms with Crippen molar-refractivity contribution in [1.29, 1.82) is 15.8 Å². The number of furan rings is 1. The van der Waals surface area contributed by atoms with Gasteiger partial charge in [-0.15, -0.1) is 0 Å². The first-order valence-electron chi connectivity index (χ1n) is 9.63. The Morgan fingerprint density at radius 1 is 1.00 bits per heavy atom. The van der Waals surface area contributed by atoms with Gasteiger partial charge in [-0.05, 0) is 26.8 Å². The molecule has 1 unspecified atom stereocenters. The van der Waals surface area contributed by atoms with E-state index in [1.807, 2.05) is 6.07 Å². The van der Waals surface area contributed by atoms with Crippen LogP contribution in [0.4, 0.5) is 5.88 Å². The predicted molar refractivity (Wildman–Crippen MR) is 112 cm³/mol. The summed E-state index contributed by atoms with van der Waals surface area (Å²) in [5.74, 6) is -3.54. The number of rotatable bonds is 4. The number of esters is 1. The Bertz CT molecular complexity index is 1290. The van der Waals surface area contributed by atoms with Gasteiger partial charge in [0.1, 0.15) is 10.7 Å². The van der Waals surface area contributed by atoms with Gasteiger partial charge in [0.25, 0.3) is 0 Å². The number of allylic oxidation sites excluding steroid dienone is 5. The molecule has 0 amide bonds. The zero-order valence-corrected chi connectivity index (χ0v) is 18.1. The molecule has 0 aliphatic carbocycles. The number of hydrogen-bond donors (Lipinski definition) is 2. The highest BCUT2D eigenvalue weighted by atomic mass is 16.6. The van der Waals surface area contributed by atoms with E-state index in [4.69, 9.17) is 9.15 Å². The van der Waals surface area contributed by atoms with Crippen molar-refractivity contribution < 1.29 is 18.9 Å². The molecule has 0 saturated heterocycles. The van der Waals surface area contributed by atoms with Crippen LogP contribution in [0, 0.1) is 50.0 Å². The number of ether oxygens (including phenoxy) is 1. The molecule has 2 aliphatic rings. The monoisotopic (exact) mass is 446 g/mol. The molecule has 33 heavy (non-hydrogen) atoms. The first-order valence-corrected chi connectivity index (χ1v) is 9.63. The van der Waals surface area contributed by atoms with Crippen molar-refractivity contribution in [3.63, 3.8) is 0 Å². The van der Waals surface area contributed by atoms with E-state index in [-0.39, 0.29) is 33.7 Å². The van der Waals surface area contributed by atoms with E-state index in [1.54, 1.807) is 20.8 Å². The molecule has 11 heteroatoms. The highest BCUT2D eigenvalue weighted by Gasteiger charge is 2.43. The molecular formula is C22H18N6O5. The van der Waals surface area contributed by atoms with Crippen molar-refractivity contribution in [3.8, 4) is 18.2 Å². The molecule has 0 saturated carbocycles. The Balaban J connectivity index is 2.39. The molecule has 2 N–H and O–H groups in total. The van der Waals surface area contributed by atoms with Crippen molar-refractivity contribution in [3.05, 3.63) is 73.1 Å². The van der Waals surface area contributed by atoms with Gasteiger partial charge in [0.05, 0.1) is 65.5 Å². The summed E-state index contributed by atoms with van der Waals surface area (Å²) in [6.07, 6.45) is 0. The second kappa shape index (κ2) is 8.74. The normalized spacial score (nSPS) is 18.8. The highest BCUT2D eigenvalue weighted by Crippen LogP contribution is 2.45. The minimum atomic E-state index is -1.15.